The lowest BCUT2D eigenvalue weighted by Crippen LogP contribution is -2.25. The van der Waals surface area contributed by atoms with Crippen LogP contribution in [-0.2, 0) is 0 Å². The minimum atomic E-state index is -0.927. The molecule has 1 heterocycles. The van der Waals surface area contributed by atoms with Gasteiger partial charge in [0.1, 0.15) is 5.82 Å². The monoisotopic (exact) mass is 287 g/mol. The molecule has 0 radical (unpaired) electrons. The van der Waals surface area contributed by atoms with E-state index in [2.05, 4.69) is 29.0 Å². The zero-order valence-corrected chi connectivity index (χ0v) is 12.2. The van der Waals surface area contributed by atoms with Gasteiger partial charge in [-0.15, -0.1) is 12.4 Å². The van der Waals surface area contributed by atoms with Crippen LogP contribution < -0.4 is 5.32 Å². The Morgan fingerprint density at radius 3 is 2.68 bits per heavy atom. The van der Waals surface area contributed by atoms with Gasteiger partial charge in [-0.25, -0.2) is 9.78 Å². The number of anilines is 1. The molecule has 0 bridgehead atoms. The number of carboxylic acid groups (broad SMARTS) is 1. The summed E-state index contributed by atoms with van der Waals surface area (Å²) in [6.45, 7) is 8.25. The van der Waals surface area contributed by atoms with Gasteiger partial charge in [-0.1, -0.05) is 13.8 Å². The summed E-state index contributed by atoms with van der Waals surface area (Å²) in [7, 11) is 0. The minimum Gasteiger partial charge on any atom is -0.478 e. The van der Waals surface area contributed by atoms with Gasteiger partial charge in [0, 0.05) is 12.7 Å². The number of aromatic nitrogens is 1. The Labute approximate surface area is 120 Å². The smallest absolute Gasteiger partial charge is 0.335 e. The average molecular weight is 288 g/mol. The second-order valence-electron chi connectivity index (χ2n) is 4.04. The first kappa shape index (κ1) is 17.7. The molecule has 0 saturated heterocycles. The van der Waals surface area contributed by atoms with Crippen LogP contribution in [0.4, 0.5) is 5.82 Å². The number of rotatable bonds is 8. The molecular formula is C13H22ClN3O2. The molecule has 1 aromatic rings. The highest BCUT2D eigenvalue weighted by Crippen LogP contribution is 2.06. The summed E-state index contributed by atoms with van der Waals surface area (Å²) in [5, 5.41) is 12.0. The van der Waals surface area contributed by atoms with Crippen molar-refractivity contribution < 1.29 is 9.90 Å². The van der Waals surface area contributed by atoms with Gasteiger partial charge in [0.2, 0.25) is 0 Å². The molecule has 0 aliphatic heterocycles. The third-order valence-electron chi connectivity index (χ3n) is 2.86. The molecule has 0 spiro atoms. The molecule has 0 atom stereocenters. The quantitative estimate of drug-likeness (QED) is 0.719. The van der Waals surface area contributed by atoms with Crippen LogP contribution in [0.2, 0.25) is 0 Å². The molecule has 108 valence electrons. The number of nitrogens with one attached hydrogen (secondary N) is 1. The number of hydrogen-bond acceptors (Lipinski definition) is 4. The number of halogens is 1. The first-order chi connectivity index (χ1) is 8.67. The van der Waals surface area contributed by atoms with E-state index in [1.807, 2.05) is 0 Å². The van der Waals surface area contributed by atoms with Gasteiger partial charge in [0.25, 0.3) is 0 Å². The zero-order valence-electron chi connectivity index (χ0n) is 11.4. The minimum absolute atomic E-state index is 0. The van der Waals surface area contributed by atoms with Crippen LogP contribution in [0.3, 0.4) is 0 Å². The van der Waals surface area contributed by atoms with E-state index in [9.17, 15) is 4.79 Å². The fraction of sp³-hybridized carbons (Fsp3) is 0.538. The van der Waals surface area contributed by atoms with Crippen molar-refractivity contribution in [3.05, 3.63) is 23.9 Å². The van der Waals surface area contributed by atoms with Crippen LogP contribution in [0.1, 0.15) is 30.6 Å². The van der Waals surface area contributed by atoms with Crippen molar-refractivity contribution in [2.45, 2.75) is 20.3 Å². The number of hydrogen-bond donors (Lipinski definition) is 2. The van der Waals surface area contributed by atoms with Crippen LogP contribution in [0.5, 0.6) is 0 Å². The molecule has 0 aliphatic rings. The summed E-state index contributed by atoms with van der Waals surface area (Å²) in [4.78, 5) is 17.2. The first-order valence-electron chi connectivity index (χ1n) is 6.33. The largest absolute Gasteiger partial charge is 0.478 e. The highest BCUT2D eigenvalue weighted by atomic mass is 35.5. The number of carbonyl (C=O) groups is 1. The van der Waals surface area contributed by atoms with Gasteiger partial charge in [-0.2, -0.15) is 0 Å². The number of nitrogens with zero attached hydrogens (tertiary/aromatic N) is 2. The molecule has 19 heavy (non-hydrogen) atoms. The van der Waals surface area contributed by atoms with Crippen molar-refractivity contribution >= 4 is 24.2 Å². The van der Waals surface area contributed by atoms with E-state index in [0.717, 1.165) is 32.6 Å². The SMILES string of the molecule is CCN(CC)CCCNc1cc(C(=O)O)ccn1.Cl. The van der Waals surface area contributed by atoms with Crippen LogP contribution in [0.25, 0.3) is 0 Å². The molecule has 0 fully saturated rings. The first-order valence-corrected chi connectivity index (χ1v) is 6.33. The summed E-state index contributed by atoms with van der Waals surface area (Å²) >= 11 is 0. The lowest BCUT2D eigenvalue weighted by Gasteiger charge is -2.17. The Hall–Kier alpha value is -1.33. The third kappa shape index (κ3) is 6.40. The molecule has 1 rings (SSSR count). The number of carboxylic acids is 1. The fourth-order valence-electron chi connectivity index (χ4n) is 1.72. The Kier molecular flexibility index (Phi) is 8.91. The molecule has 0 amide bonds. The number of pyridine rings is 1. The highest BCUT2D eigenvalue weighted by Gasteiger charge is 2.04. The predicted octanol–water partition coefficient (Wildman–Crippen LogP) is 2.35. The molecule has 2 N–H and O–H groups in total. The summed E-state index contributed by atoms with van der Waals surface area (Å²) in [5.74, 6) is -0.307. The van der Waals surface area contributed by atoms with Crippen molar-refractivity contribution in [1.29, 1.82) is 0 Å². The maximum absolute atomic E-state index is 10.8. The van der Waals surface area contributed by atoms with E-state index in [1.54, 1.807) is 6.07 Å². The maximum atomic E-state index is 10.8. The van der Waals surface area contributed by atoms with Crippen molar-refractivity contribution in [2.24, 2.45) is 0 Å². The molecule has 0 aliphatic carbocycles. The maximum Gasteiger partial charge on any atom is 0.335 e. The van der Waals surface area contributed by atoms with Gasteiger partial charge in [-0.3, -0.25) is 0 Å². The predicted molar refractivity (Wildman–Crippen MR) is 79.3 cm³/mol. The van der Waals surface area contributed by atoms with E-state index >= 15 is 0 Å². The van der Waals surface area contributed by atoms with Crippen molar-refractivity contribution in [2.75, 3.05) is 31.5 Å². The van der Waals surface area contributed by atoms with Crippen molar-refractivity contribution in [3.63, 3.8) is 0 Å². The topological polar surface area (TPSA) is 65.5 Å². The lowest BCUT2D eigenvalue weighted by atomic mass is 10.2. The van der Waals surface area contributed by atoms with Crippen molar-refractivity contribution in [1.82, 2.24) is 9.88 Å². The average Bonchev–Trinajstić information content (AvgIpc) is 2.39. The standard InChI is InChI=1S/C13H21N3O2.ClH/c1-3-16(4-2)9-5-7-14-12-10-11(13(17)18)6-8-15-12;/h6,8,10H,3-5,7,9H2,1-2H3,(H,14,15)(H,17,18);1H. The molecule has 1 aromatic heterocycles. The van der Waals surface area contributed by atoms with Gasteiger partial charge >= 0.3 is 5.97 Å². The second-order valence-corrected chi connectivity index (χ2v) is 4.04. The second kappa shape index (κ2) is 9.58. The molecule has 5 nitrogen and oxygen atoms in total. The van der Waals surface area contributed by atoms with Crippen LogP contribution >= 0.6 is 12.4 Å². The molecular weight excluding hydrogens is 266 g/mol. The highest BCUT2D eigenvalue weighted by molar-refractivity contribution is 5.88. The molecule has 0 unspecified atom stereocenters. The zero-order chi connectivity index (χ0) is 13.4. The Morgan fingerprint density at radius 2 is 2.11 bits per heavy atom. The molecule has 6 heteroatoms. The molecule has 0 aromatic carbocycles. The fourth-order valence-corrected chi connectivity index (χ4v) is 1.72. The Balaban J connectivity index is 0.00000324. The van der Waals surface area contributed by atoms with Crippen molar-refractivity contribution in [3.8, 4) is 0 Å². The van der Waals surface area contributed by atoms with E-state index in [-0.39, 0.29) is 18.0 Å². The Bertz CT molecular complexity index is 384. The van der Waals surface area contributed by atoms with E-state index < -0.39 is 5.97 Å². The van der Waals surface area contributed by atoms with Gasteiger partial charge in [-0.05, 0) is 38.2 Å². The molecule has 0 saturated carbocycles. The van der Waals surface area contributed by atoms with Gasteiger partial charge in [0.15, 0.2) is 0 Å². The van der Waals surface area contributed by atoms with E-state index in [0.29, 0.717) is 5.82 Å². The summed E-state index contributed by atoms with van der Waals surface area (Å²) < 4.78 is 0. The Morgan fingerprint density at radius 1 is 1.42 bits per heavy atom. The van der Waals surface area contributed by atoms with Crippen LogP contribution in [-0.4, -0.2) is 47.1 Å². The third-order valence-corrected chi connectivity index (χ3v) is 2.86. The van der Waals surface area contributed by atoms with E-state index in [1.165, 1.54) is 12.3 Å². The van der Waals surface area contributed by atoms with Gasteiger partial charge in [0.05, 0.1) is 5.56 Å². The number of aromatic carboxylic acids is 1. The summed E-state index contributed by atoms with van der Waals surface area (Å²) in [6, 6.07) is 3.04. The summed E-state index contributed by atoms with van der Waals surface area (Å²) in [6.07, 6.45) is 2.52. The normalized spacial score (nSPS) is 10.1. The van der Waals surface area contributed by atoms with E-state index in [4.69, 9.17) is 5.11 Å². The van der Waals surface area contributed by atoms with Crippen LogP contribution in [0, 0.1) is 0 Å². The van der Waals surface area contributed by atoms with Crippen LogP contribution in [0.15, 0.2) is 18.3 Å². The van der Waals surface area contributed by atoms with Gasteiger partial charge < -0.3 is 15.3 Å². The summed E-state index contributed by atoms with van der Waals surface area (Å²) in [5.41, 5.74) is 0.260. The lowest BCUT2D eigenvalue weighted by molar-refractivity contribution is 0.0697.